The summed E-state index contributed by atoms with van der Waals surface area (Å²) in [5.41, 5.74) is 3.54. The number of nitrogens with one attached hydrogen (secondary N) is 1. The van der Waals surface area contributed by atoms with Crippen LogP contribution in [-0.2, 0) is 9.59 Å². The Morgan fingerprint density at radius 1 is 1.25 bits per heavy atom. The van der Waals surface area contributed by atoms with E-state index < -0.39 is 5.78 Å². The molecule has 0 radical (unpaired) electrons. The first kappa shape index (κ1) is 12.7. The van der Waals surface area contributed by atoms with Crippen molar-refractivity contribution < 1.29 is 9.59 Å². The van der Waals surface area contributed by atoms with Crippen LogP contribution in [0.3, 0.4) is 0 Å². The lowest BCUT2D eigenvalue weighted by molar-refractivity contribution is -0.143. The Morgan fingerprint density at radius 3 is 2.75 bits per heavy atom. The van der Waals surface area contributed by atoms with Crippen LogP contribution >= 0.6 is 0 Å². The number of Topliss-reactive ketones (excluding diaryl/α,β-unsaturated/α-hetero) is 1. The Hall–Kier alpha value is -2.36. The van der Waals surface area contributed by atoms with Crippen LogP contribution in [0.2, 0.25) is 0 Å². The normalized spacial score (nSPS) is 15.2. The molecule has 20 heavy (non-hydrogen) atoms. The molecule has 1 amide bonds. The number of aromatic amines is 1. The highest BCUT2D eigenvalue weighted by Crippen LogP contribution is 2.29. The van der Waals surface area contributed by atoms with E-state index >= 15 is 0 Å². The highest BCUT2D eigenvalue weighted by atomic mass is 16.2. The summed E-state index contributed by atoms with van der Waals surface area (Å²) >= 11 is 0. The predicted octanol–water partition coefficient (Wildman–Crippen LogP) is 2.37. The summed E-state index contributed by atoms with van der Waals surface area (Å²) in [4.78, 5) is 27.6. The molecule has 102 valence electrons. The second-order valence-electron chi connectivity index (χ2n) is 5.03. The number of H-pyrrole nitrogens is 1. The van der Waals surface area contributed by atoms with E-state index in [9.17, 15) is 9.59 Å². The average molecular weight is 268 g/mol. The molecular formula is C16H16N2O2. The third kappa shape index (κ3) is 2.13. The topological polar surface area (TPSA) is 53.2 Å². The fourth-order valence-electron chi connectivity index (χ4n) is 2.66. The molecule has 0 aliphatic carbocycles. The predicted molar refractivity (Wildman–Crippen MR) is 78.2 cm³/mol. The molecule has 0 atom stereocenters. The van der Waals surface area contributed by atoms with E-state index in [2.05, 4.69) is 11.1 Å². The second-order valence-corrected chi connectivity index (χ2v) is 5.03. The van der Waals surface area contributed by atoms with Gasteiger partial charge < -0.3 is 9.88 Å². The number of aromatic nitrogens is 1. The minimum atomic E-state index is -0.394. The molecule has 4 heteroatoms. The lowest BCUT2D eigenvalue weighted by Crippen LogP contribution is -2.38. The van der Waals surface area contributed by atoms with Crippen LogP contribution in [0.25, 0.3) is 16.5 Å². The fraction of sp³-hybridized carbons (Fsp3) is 0.250. The molecule has 3 rings (SSSR count). The van der Waals surface area contributed by atoms with Gasteiger partial charge in [-0.3, -0.25) is 9.59 Å². The van der Waals surface area contributed by atoms with E-state index in [-0.39, 0.29) is 5.91 Å². The molecule has 0 unspecified atom stereocenters. The highest BCUT2D eigenvalue weighted by molar-refractivity contribution is 6.35. The highest BCUT2D eigenvalue weighted by Gasteiger charge is 2.21. The smallest absolute Gasteiger partial charge is 0.289 e. The van der Waals surface area contributed by atoms with Gasteiger partial charge in [0.1, 0.15) is 0 Å². The van der Waals surface area contributed by atoms with Crippen molar-refractivity contribution in [1.82, 2.24) is 9.88 Å². The molecule has 0 saturated carbocycles. The molecule has 2 aromatic rings. The fourth-order valence-corrected chi connectivity index (χ4v) is 2.66. The molecule has 1 aromatic heterocycles. The minimum Gasteiger partial charge on any atom is -0.361 e. The summed E-state index contributed by atoms with van der Waals surface area (Å²) in [7, 11) is 0. The van der Waals surface area contributed by atoms with E-state index in [4.69, 9.17) is 0 Å². The molecule has 1 aromatic carbocycles. The first-order valence-corrected chi connectivity index (χ1v) is 6.72. The largest absolute Gasteiger partial charge is 0.361 e. The molecule has 0 spiro atoms. The van der Waals surface area contributed by atoms with Crippen molar-refractivity contribution in [2.24, 2.45) is 0 Å². The third-order valence-corrected chi connectivity index (χ3v) is 3.73. The summed E-state index contributed by atoms with van der Waals surface area (Å²) in [6.07, 6.45) is 4.83. The van der Waals surface area contributed by atoms with Crippen molar-refractivity contribution in [3.8, 4) is 0 Å². The van der Waals surface area contributed by atoms with Gasteiger partial charge in [-0.2, -0.15) is 0 Å². The Kier molecular flexibility index (Phi) is 3.14. The van der Waals surface area contributed by atoms with Crippen molar-refractivity contribution in [3.63, 3.8) is 0 Å². The zero-order valence-corrected chi connectivity index (χ0v) is 11.3. The van der Waals surface area contributed by atoms with E-state index in [1.54, 1.807) is 4.90 Å². The standard InChI is InChI=1S/C16H16N2O2/c1-11(19)16(20)18-8-6-12(7-9-18)14-10-17-15-5-3-2-4-13(14)15/h2-6,10,17H,7-9H2,1H3. The number of carbonyl (C=O) groups is 2. The summed E-state index contributed by atoms with van der Waals surface area (Å²) in [6.45, 7) is 2.43. The van der Waals surface area contributed by atoms with Gasteiger partial charge in [0.05, 0.1) is 0 Å². The van der Waals surface area contributed by atoms with Crippen molar-refractivity contribution in [3.05, 3.63) is 42.1 Å². The minimum absolute atomic E-state index is 0.390. The van der Waals surface area contributed by atoms with Crippen LogP contribution in [0.5, 0.6) is 0 Å². The van der Waals surface area contributed by atoms with Gasteiger partial charge in [-0.25, -0.2) is 0 Å². The van der Waals surface area contributed by atoms with Gasteiger partial charge in [0, 0.05) is 42.7 Å². The maximum atomic E-state index is 11.6. The molecule has 1 aliphatic rings. The molecule has 1 aliphatic heterocycles. The van der Waals surface area contributed by atoms with Crippen LogP contribution in [0.4, 0.5) is 0 Å². The van der Waals surface area contributed by atoms with Crippen molar-refractivity contribution in [1.29, 1.82) is 0 Å². The molecule has 0 fully saturated rings. The Morgan fingerprint density at radius 2 is 2.05 bits per heavy atom. The molecule has 0 saturated heterocycles. The van der Waals surface area contributed by atoms with Crippen LogP contribution < -0.4 is 0 Å². The summed E-state index contributed by atoms with van der Waals surface area (Å²) in [5, 5.41) is 1.20. The van der Waals surface area contributed by atoms with Gasteiger partial charge in [-0.05, 0) is 18.1 Å². The maximum Gasteiger partial charge on any atom is 0.289 e. The van der Waals surface area contributed by atoms with E-state index in [1.807, 2.05) is 30.5 Å². The van der Waals surface area contributed by atoms with Crippen molar-refractivity contribution in [2.45, 2.75) is 13.3 Å². The van der Waals surface area contributed by atoms with Crippen LogP contribution in [-0.4, -0.2) is 34.7 Å². The van der Waals surface area contributed by atoms with Crippen LogP contribution in [0, 0.1) is 0 Å². The van der Waals surface area contributed by atoms with E-state index in [1.165, 1.54) is 23.4 Å². The lowest BCUT2D eigenvalue weighted by Gasteiger charge is -2.25. The summed E-state index contributed by atoms with van der Waals surface area (Å²) < 4.78 is 0. The molecule has 0 bridgehead atoms. The first-order chi connectivity index (χ1) is 9.66. The average Bonchev–Trinajstić information content (AvgIpc) is 2.90. The van der Waals surface area contributed by atoms with Gasteiger partial charge >= 0.3 is 0 Å². The van der Waals surface area contributed by atoms with E-state index in [0.29, 0.717) is 13.1 Å². The Labute approximate surface area is 117 Å². The van der Waals surface area contributed by atoms with Crippen molar-refractivity contribution in [2.75, 3.05) is 13.1 Å². The number of para-hydroxylation sites is 1. The molecule has 4 nitrogen and oxygen atoms in total. The summed E-state index contributed by atoms with van der Waals surface area (Å²) in [5.74, 6) is -0.784. The number of carbonyl (C=O) groups excluding carboxylic acids is 2. The number of hydrogen-bond donors (Lipinski definition) is 1. The van der Waals surface area contributed by atoms with Gasteiger partial charge in [0.25, 0.3) is 5.91 Å². The molecule has 1 N–H and O–H groups in total. The number of amides is 1. The number of hydrogen-bond acceptors (Lipinski definition) is 2. The number of ketones is 1. The quantitative estimate of drug-likeness (QED) is 0.850. The monoisotopic (exact) mass is 268 g/mol. The van der Waals surface area contributed by atoms with Crippen LogP contribution in [0.1, 0.15) is 18.9 Å². The second kappa shape index (κ2) is 4.96. The zero-order valence-electron chi connectivity index (χ0n) is 11.3. The van der Waals surface area contributed by atoms with Gasteiger partial charge in [0.15, 0.2) is 0 Å². The summed E-state index contributed by atoms with van der Waals surface area (Å²) in [6, 6.07) is 8.17. The third-order valence-electron chi connectivity index (χ3n) is 3.73. The van der Waals surface area contributed by atoms with Crippen LogP contribution in [0.15, 0.2) is 36.5 Å². The molecular weight excluding hydrogens is 252 g/mol. The van der Waals surface area contributed by atoms with Gasteiger partial charge in [0.2, 0.25) is 5.78 Å². The zero-order chi connectivity index (χ0) is 14.1. The molecule has 2 heterocycles. The Balaban J connectivity index is 1.86. The number of benzene rings is 1. The Bertz CT molecular complexity index is 712. The number of rotatable bonds is 2. The number of nitrogens with zero attached hydrogens (tertiary/aromatic N) is 1. The van der Waals surface area contributed by atoms with E-state index in [0.717, 1.165) is 11.9 Å². The first-order valence-electron chi connectivity index (χ1n) is 6.72. The SMILES string of the molecule is CC(=O)C(=O)N1CC=C(c2c[nH]c3ccccc23)CC1. The lowest BCUT2D eigenvalue weighted by atomic mass is 9.99. The van der Waals surface area contributed by atoms with Crippen molar-refractivity contribution >= 4 is 28.2 Å². The van der Waals surface area contributed by atoms with Gasteiger partial charge in [-0.1, -0.05) is 24.3 Å². The van der Waals surface area contributed by atoms with Gasteiger partial charge in [-0.15, -0.1) is 0 Å². The number of fused-ring (bicyclic) bond motifs is 1. The maximum absolute atomic E-state index is 11.6.